The van der Waals surface area contributed by atoms with Crippen LogP contribution in [0.5, 0.6) is 0 Å². The number of unbranched alkanes of at least 4 members (excludes halogenated alkanes) is 14. The van der Waals surface area contributed by atoms with Crippen molar-refractivity contribution in [1.82, 2.24) is 0 Å². The molecule has 2 rings (SSSR count). The third kappa shape index (κ3) is 11.0. The standard InChI is InChI=1S/C33H51OP/c1-4-5-6-7-8-9-10-11-12-13-14-15-16-17-21-28-32(35-34)30-26-22-23-27-31(30)33(2,3)29-24-19-18-20-25-29/h18-20,22-27,32H,4-17,21,28H2,1-3H3. The molecule has 0 saturated heterocycles. The van der Waals surface area contributed by atoms with Gasteiger partial charge in [0, 0.05) is 5.41 Å². The molecule has 0 saturated carbocycles. The van der Waals surface area contributed by atoms with Crippen LogP contribution in [0.1, 0.15) is 146 Å². The van der Waals surface area contributed by atoms with Crippen LogP contribution in [0.4, 0.5) is 0 Å². The summed E-state index contributed by atoms with van der Waals surface area (Å²) >= 11 is 0. The van der Waals surface area contributed by atoms with E-state index in [1.807, 2.05) is 0 Å². The molecule has 0 radical (unpaired) electrons. The summed E-state index contributed by atoms with van der Waals surface area (Å²) in [6.45, 7) is 6.86. The summed E-state index contributed by atoms with van der Waals surface area (Å²) in [5, 5.41) is 0. The second-order valence-corrected chi connectivity index (χ2v) is 11.8. The van der Waals surface area contributed by atoms with Crippen molar-refractivity contribution in [3.05, 3.63) is 71.3 Å². The van der Waals surface area contributed by atoms with Gasteiger partial charge < -0.3 is 0 Å². The molecule has 0 aliphatic heterocycles. The van der Waals surface area contributed by atoms with Crippen molar-refractivity contribution in [3.63, 3.8) is 0 Å². The smallest absolute Gasteiger partial charge is 0.163 e. The number of benzene rings is 2. The van der Waals surface area contributed by atoms with E-state index in [4.69, 9.17) is 0 Å². The van der Waals surface area contributed by atoms with Gasteiger partial charge in [0.15, 0.2) is 8.46 Å². The van der Waals surface area contributed by atoms with E-state index >= 15 is 0 Å². The van der Waals surface area contributed by atoms with E-state index in [9.17, 15) is 4.57 Å². The van der Waals surface area contributed by atoms with Crippen molar-refractivity contribution in [2.75, 3.05) is 0 Å². The first-order chi connectivity index (χ1) is 17.1. The van der Waals surface area contributed by atoms with Gasteiger partial charge in [0.1, 0.15) is 0 Å². The van der Waals surface area contributed by atoms with Crippen molar-refractivity contribution in [2.45, 2.75) is 135 Å². The third-order valence-electron chi connectivity index (χ3n) is 7.70. The van der Waals surface area contributed by atoms with E-state index in [1.54, 1.807) is 0 Å². The second-order valence-electron chi connectivity index (χ2n) is 10.9. The number of hydrogen-bond donors (Lipinski definition) is 0. The Morgan fingerprint density at radius 3 is 1.60 bits per heavy atom. The molecule has 0 aromatic heterocycles. The Hall–Kier alpha value is -1.46. The highest BCUT2D eigenvalue weighted by atomic mass is 31.1. The Balaban J connectivity index is 1.65. The molecule has 0 bridgehead atoms. The van der Waals surface area contributed by atoms with Gasteiger partial charge in [0.2, 0.25) is 0 Å². The second kappa shape index (κ2) is 17.9. The zero-order chi connectivity index (χ0) is 25.2. The van der Waals surface area contributed by atoms with Gasteiger partial charge in [-0.25, -0.2) is 0 Å². The lowest BCUT2D eigenvalue weighted by atomic mass is 9.75. The highest BCUT2D eigenvalue weighted by molar-refractivity contribution is 7.24. The molecule has 0 aliphatic carbocycles. The van der Waals surface area contributed by atoms with E-state index in [0.717, 1.165) is 12.8 Å². The molecule has 35 heavy (non-hydrogen) atoms. The summed E-state index contributed by atoms with van der Waals surface area (Å²) < 4.78 is 12.2. The molecule has 0 amide bonds. The predicted molar refractivity (Wildman–Crippen MR) is 155 cm³/mol. The zero-order valence-electron chi connectivity index (χ0n) is 22.9. The molecule has 0 aliphatic rings. The van der Waals surface area contributed by atoms with Crippen LogP contribution in [0.15, 0.2) is 54.6 Å². The van der Waals surface area contributed by atoms with E-state index in [1.165, 1.54) is 107 Å². The SMILES string of the molecule is CCCCCCCCCCCCCCCCCC(P=O)c1ccccc1C(C)(C)c1ccccc1. The Kier molecular flexibility index (Phi) is 15.2. The van der Waals surface area contributed by atoms with Crippen LogP contribution in [0.3, 0.4) is 0 Å². The van der Waals surface area contributed by atoms with Gasteiger partial charge in [-0.15, -0.1) is 0 Å². The minimum Gasteiger partial charge on any atom is -0.274 e. The molecule has 2 heteroatoms. The Morgan fingerprint density at radius 2 is 1.09 bits per heavy atom. The molecule has 1 unspecified atom stereocenters. The molecule has 2 aromatic rings. The highest BCUT2D eigenvalue weighted by Gasteiger charge is 2.28. The van der Waals surface area contributed by atoms with Crippen molar-refractivity contribution in [3.8, 4) is 0 Å². The summed E-state index contributed by atoms with van der Waals surface area (Å²) in [7, 11) is 0.253. The first kappa shape index (κ1) is 29.8. The first-order valence-electron chi connectivity index (χ1n) is 14.6. The fraction of sp³-hybridized carbons (Fsp3) is 0.636. The first-order valence-corrected chi connectivity index (χ1v) is 15.5. The average Bonchev–Trinajstić information content (AvgIpc) is 2.89. The summed E-state index contributed by atoms with van der Waals surface area (Å²) in [5.74, 6) is 0. The van der Waals surface area contributed by atoms with E-state index in [-0.39, 0.29) is 19.5 Å². The molecule has 2 aromatic carbocycles. The lowest BCUT2D eigenvalue weighted by Gasteiger charge is -2.30. The van der Waals surface area contributed by atoms with Crippen molar-refractivity contribution >= 4 is 8.46 Å². The molecule has 0 heterocycles. The summed E-state index contributed by atoms with van der Waals surface area (Å²) in [6.07, 6.45) is 21.7. The van der Waals surface area contributed by atoms with Crippen LogP contribution < -0.4 is 0 Å². The van der Waals surface area contributed by atoms with Crippen LogP contribution in [0.2, 0.25) is 0 Å². The minimum atomic E-state index is -0.101. The lowest BCUT2D eigenvalue weighted by Crippen LogP contribution is -2.21. The van der Waals surface area contributed by atoms with Crippen LogP contribution in [-0.4, -0.2) is 0 Å². The van der Waals surface area contributed by atoms with Gasteiger partial charge in [0.25, 0.3) is 0 Å². The molecule has 0 N–H and O–H groups in total. The normalized spacial score (nSPS) is 12.8. The quantitative estimate of drug-likeness (QED) is 0.132. The van der Waals surface area contributed by atoms with Gasteiger partial charge in [-0.3, -0.25) is 4.57 Å². The largest absolute Gasteiger partial charge is 0.274 e. The van der Waals surface area contributed by atoms with Crippen LogP contribution >= 0.6 is 8.46 Å². The molecule has 1 nitrogen and oxygen atoms in total. The fourth-order valence-electron chi connectivity index (χ4n) is 5.34. The predicted octanol–water partition coefficient (Wildman–Crippen LogP) is 11.6. The Labute approximate surface area is 218 Å². The number of rotatable bonds is 20. The van der Waals surface area contributed by atoms with Crippen molar-refractivity contribution in [1.29, 1.82) is 0 Å². The maximum absolute atomic E-state index is 12.2. The fourth-order valence-corrected chi connectivity index (χ4v) is 5.97. The van der Waals surface area contributed by atoms with Gasteiger partial charge >= 0.3 is 0 Å². The molecule has 1 atom stereocenters. The molecular weight excluding hydrogens is 443 g/mol. The number of hydrogen-bond acceptors (Lipinski definition) is 1. The molecular formula is C33H51OP. The maximum Gasteiger partial charge on any atom is 0.163 e. The monoisotopic (exact) mass is 494 g/mol. The summed E-state index contributed by atoms with van der Waals surface area (Å²) in [4.78, 5) is 0. The van der Waals surface area contributed by atoms with Crippen LogP contribution in [0.25, 0.3) is 0 Å². The van der Waals surface area contributed by atoms with Gasteiger partial charge in [-0.05, 0) is 23.1 Å². The van der Waals surface area contributed by atoms with Crippen molar-refractivity contribution < 1.29 is 4.57 Å². The van der Waals surface area contributed by atoms with Crippen LogP contribution in [-0.2, 0) is 9.98 Å². The van der Waals surface area contributed by atoms with Gasteiger partial charge in [-0.2, -0.15) is 0 Å². The lowest BCUT2D eigenvalue weighted by molar-refractivity contribution is 0.526. The van der Waals surface area contributed by atoms with E-state index in [0.29, 0.717) is 0 Å². The zero-order valence-corrected chi connectivity index (χ0v) is 23.8. The van der Waals surface area contributed by atoms with Gasteiger partial charge in [-0.1, -0.05) is 172 Å². The Morgan fingerprint density at radius 1 is 0.629 bits per heavy atom. The summed E-state index contributed by atoms with van der Waals surface area (Å²) in [5.41, 5.74) is 3.86. The van der Waals surface area contributed by atoms with Crippen molar-refractivity contribution in [2.24, 2.45) is 0 Å². The molecule has 0 spiro atoms. The highest BCUT2D eigenvalue weighted by Crippen LogP contribution is 2.41. The average molecular weight is 495 g/mol. The Bertz CT molecular complexity index is 798. The van der Waals surface area contributed by atoms with Gasteiger partial charge in [0.05, 0.1) is 5.66 Å². The summed E-state index contributed by atoms with van der Waals surface area (Å²) in [6, 6.07) is 19.3. The van der Waals surface area contributed by atoms with Crippen LogP contribution in [0, 0.1) is 0 Å². The maximum atomic E-state index is 12.2. The van der Waals surface area contributed by atoms with E-state index < -0.39 is 0 Å². The molecule has 194 valence electrons. The van der Waals surface area contributed by atoms with E-state index in [2.05, 4.69) is 75.4 Å². The topological polar surface area (TPSA) is 17.1 Å². The third-order valence-corrected chi connectivity index (χ3v) is 8.49. The minimum absolute atomic E-state index is 0.0937. The molecule has 0 fully saturated rings.